The van der Waals surface area contributed by atoms with E-state index in [1.54, 1.807) is 0 Å². The van der Waals surface area contributed by atoms with Crippen molar-refractivity contribution >= 4 is 5.95 Å². The summed E-state index contributed by atoms with van der Waals surface area (Å²) in [7, 11) is 1.88. The molecule has 0 aliphatic carbocycles. The summed E-state index contributed by atoms with van der Waals surface area (Å²) in [6.07, 6.45) is 3.33. The average Bonchev–Trinajstić information content (AvgIpc) is 3.47. The van der Waals surface area contributed by atoms with Crippen molar-refractivity contribution in [3.63, 3.8) is 0 Å². The number of anilines is 1. The van der Waals surface area contributed by atoms with Crippen LogP contribution in [0.15, 0.2) is 52.0 Å². The third-order valence-electron chi connectivity index (χ3n) is 5.44. The molecule has 3 aromatic heterocycles. The standard InChI is InChI=1S/C21H21N7O2/c1-13-5-3-6-14(9-13)18-10-15(26-30-18)17-7-4-8-28(17)21-25-24-20(27(21)2)16-11-19(29)23-12-22-16/h3,5-6,9-12,17H,4,7-8H2,1-2H3,(H,22,23,29). The highest BCUT2D eigenvalue weighted by Crippen LogP contribution is 2.36. The molecule has 0 spiro atoms. The summed E-state index contributed by atoms with van der Waals surface area (Å²) < 4.78 is 7.52. The Morgan fingerprint density at radius 2 is 2.10 bits per heavy atom. The summed E-state index contributed by atoms with van der Waals surface area (Å²) in [4.78, 5) is 20.5. The van der Waals surface area contributed by atoms with Crippen LogP contribution in [-0.4, -0.2) is 36.4 Å². The number of rotatable bonds is 4. The van der Waals surface area contributed by atoms with Gasteiger partial charge in [-0.1, -0.05) is 28.9 Å². The van der Waals surface area contributed by atoms with Crippen LogP contribution in [0.2, 0.25) is 0 Å². The molecule has 1 N–H and O–H groups in total. The van der Waals surface area contributed by atoms with Crippen molar-refractivity contribution in [3.8, 4) is 22.8 Å². The highest BCUT2D eigenvalue weighted by atomic mass is 16.5. The molecule has 30 heavy (non-hydrogen) atoms. The molecule has 0 radical (unpaired) electrons. The zero-order valence-corrected chi connectivity index (χ0v) is 16.7. The van der Waals surface area contributed by atoms with E-state index in [-0.39, 0.29) is 11.6 Å². The highest BCUT2D eigenvalue weighted by Gasteiger charge is 2.32. The average molecular weight is 403 g/mol. The number of hydrogen-bond donors (Lipinski definition) is 1. The van der Waals surface area contributed by atoms with Gasteiger partial charge >= 0.3 is 0 Å². The minimum atomic E-state index is -0.227. The molecule has 152 valence electrons. The minimum absolute atomic E-state index is 0.0511. The second-order valence-electron chi connectivity index (χ2n) is 7.52. The monoisotopic (exact) mass is 403 g/mol. The number of aromatic nitrogens is 6. The molecule has 4 heterocycles. The predicted molar refractivity (Wildman–Crippen MR) is 111 cm³/mol. The molecule has 1 aliphatic rings. The molecule has 1 atom stereocenters. The largest absolute Gasteiger partial charge is 0.356 e. The third-order valence-corrected chi connectivity index (χ3v) is 5.44. The highest BCUT2D eigenvalue weighted by molar-refractivity contribution is 5.59. The Bertz CT molecular complexity index is 1260. The Kier molecular flexibility index (Phi) is 4.42. The van der Waals surface area contributed by atoms with Gasteiger partial charge in [0.1, 0.15) is 11.4 Å². The van der Waals surface area contributed by atoms with Crippen molar-refractivity contribution in [1.29, 1.82) is 0 Å². The van der Waals surface area contributed by atoms with Gasteiger partial charge in [-0.15, -0.1) is 10.2 Å². The molecule has 0 saturated carbocycles. The number of nitrogens with zero attached hydrogens (tertiary/aromatic N) is 6. The SMILES string of the molecule is Cc1cccc(-c2cc(C3CCCN3c3nnc(-c4cc(=O)[nH]cn4)n3C)no2)c1. The summed E-state index contributed by atoms with van der Waals surface area (Å²) in [5.74, 6) is 2.02. The van der Waals surface area contributed by atoms with E-state index in [1.165, 1.54) is 18.0 Å². The summed E-state index contributed by atoms with van der Waals surface area (Å²) in [6, 6.07) is 11.6. The van der Waals surface area contributed by atoms with Crippen LogP contribution >= 0.6 is 0 Å². The number of aryl methyl sites for hydroxylation is 1. The fourth-order valence-electron chi connectivity index (χ4n) is 3.98. The molecule has 1 saturated heterocycles. The van der Waals surface area contributed by atoms with E-state index in [2.05, 4.69) is 49.3 Å². The number of aromatic amines is 1. The zero-order valence-electron chi connectivity index (χ0n) is 16.7. The lowest BCUT2D eigenvalue weighted by molar-refractivity contribution is 0.416. The smallest absolute Gasteiger partial charge is 0.251 e. The van der Waals surface area contributed by atoms with Crippen LogP contribution < -0.4 is 10.5 Å². The third kappa shape index (κ3) is 3.18. The quantitative estimate of drug-likeness (QED) is 0.558. The van der Waals surface area contributed by atoms with Crippen LogP contribution in [0.1, 0.15) is 30.1 Å². The van der Waals surface area contributed by atoms with Gasteiger partial charge in [0.15, 0.2) is 11.6 Å². The predicted octanol–water partition coefficient (Wildman–Crippen LogP) is 2.87. The van der Waals surface area contributed by atoms with Crippen LogP contribution in [-0.2, 0) is 7.05 Å². The Morgan fingerprint density at radius 3 is 2.93 bits per heavy atom. The van der Waals surface area contributed by atoms with Crippen molar-refractivity contribution < 1.29 is 4.52 Å². The maximum absolute atomic E-state index is 11.6. The lowest BCUT2D eigenvalue weighted by Crippen LogP contribution is -2.25. The van der Waals surface area contributed by atoms with E-state index >= 15 is 0 Å². The number of benzene rings is 1. The van der Waals surface area contributed by atoms with Gasteiger partial charge in [-0.2, -0.15) is 0 Å². The molecule has 9 nitrogen and oxygen atoms in total. The Labute approximate surface area is 172 Å². The normalized spacial score (nSPS) is 16.3. The number of nitrogens with one attached hydrogen (secondary N) is 1. The molecule has 9 heteroatoms. The molecule has 1 fully saturated rings. The first-order valence-electron chi connectivity index (χ1n) is 9.85. The molecule has 4 aromatic rings. The maximum Gasteiger partial charge on any atom is 0.251 e. The van der Waals surface area contributed by atoms with Gasteiger partial charge in [-0.3, -0.25) is 9.36 Å². The Hall–Kier alpha value is -3.75. The van der Waals surface area contributed by atoms with Crippen molar-refractivity contribution in [1.82, 2.24) is 29.9 Å². The van der Waals surface area contributed by atoms with Crippen molar-refractivity contribution in [2.75, 3.05) is 11.4 Å². The van der Waals surface area contributed by atoms with Gasteiger partial charge < -0.3 is 14.4 Å². The van der Waals surface area contributed by atoms with E-state index in [0.717, 1.165) is 42.4 Å². The molecule has 1 unspecified atom stereocenters. The van der Waals surface area contributed by atoms with E-state index in [4.69, 9.17) is 4.52 Å². The minimum Gasteiger partial charge on any atom is -0.356 e. The van der Waals surface area contributed by atoms with E-state index in [1.807, 2.05) is 29.8 Å². The molecule has 5 rings (SSSR count). The summed E-state index contributed by atoms with van der Waals surface area (Å²) >= 11 is 0. The fraction of sp³-hybridized carbons (Fsp3) is 0.286. The van der Waals surface area contributed by atoms with Crippen LogP contribution in [0.25, 0.3) is 22.8 Å². The molecule has 1 aromatic carbocycles. The Morgan fingerprint density at radius 1 is 1.20 bits per heavy atom. The van der Waals surface area contributed by atoms with Crippen LogP contribution in [0, 0.1) is 6.92 Å². The van der Waals surface area contributed by atoms with Gasteiger partial charge in [0.05, 0.1) is 12.4 Å². The first-order chi connectivity index (χ1) is 14.6. The van der Waals surface area contributed by atoms with Crippen LogP contribution in [0.3, 0.4) is 0 Å². The summed E-state index contributed by atoms with van der Waals surface area (Å²) in [5, 5.41) is 13.0. The first kappa shape index (κ1) is 18.3. The second kappa shape index (κ2) is 7.25. The maximum atomic E-state index is 11.6. The molecule has 0 bridgehead atoms. The van der Waals surface area contributed by atoms with Gasteiger partial charge in [0, 0.05) is 31.3 Å². The van der Waals surface area contributed by atoms with E-state index < -0.39 is 0 Å². The topological polar surface area (TPSA) is 106 Å². The van der Waals surface area contributed by atoms with E-state index in [9.17, 15) is 4.79 Å². The number of H-pyrrole nitrogens is 1. The van der Waals surface area contributed by atoms with Gasteiger partial charge in [0.2, 0.25) is 5.95 Å². The summed E-state index contributed by atoms with van der Waals surface area (Å²) in [5.41, 5.74) is 3.32. The second-order valence-corrected chi connectivity index (χ2v) is 7.52. The fourth-order valence-corrected chi connectivity index (χ4v) is 3.98. The van der Waals surface area contributed by atoms with Crippen molar-refractivity contribution in [2.24, 2.45) is 7.05 Å². The van der Waals surface area contributed by atoms with Crippen LogP contribution in [0.4, 0.5) is 5.95 Å². The van der Waals surface area contributed by atoms with E-state index in [0.29, 0.717) is 11.5 Å². The van der Waals surface area contributed by atoms with Crippen LogP contribution in [0.5, 0.6) is 0 Å². The van der Waals surface area contributed by atoms with Gasteiger partial charge in [-0.05, 0) is 25.8 Å². The van der Waals surface area contributed by atoms with Crippen molar-refractivity contribution in [2.45, 2.75) is 25.8 Å². The molecular formula is C21H21N7O2. The summed E-state index contributed by atoms with van der Waals surface area (Å²) in [6.45, 7) is 2.90. The lowest BCUT2D eigenvalue weighted by Gasteiger charge is -2.23. The van der Waals surface area contributed by atoms with Crippen molar-refractivity contribution in [3.05, 3.63) is 64.3 Å². The Balaban J connectivity index is 1.46. The van der Waals surface area contributed by atoms with Gasteiger partial charge in [-0.25, -0.2) is 4.98 Å². The molecule has 0 amide bonds. The molecule has 1 aliphatic heterocycles. The zero-order chi connectivity index (χ0) is 20.7. The molecular weight excluding hydrogens is 382 g/mol. The lowest BCUT2D eigenvalue weighted by atomic mass is 10.1. The first-order valence-corrected chi connectivity index (χ1v) is 9.85. The van der Waals surface area contributed by atoms with Gasteiger partial charge in [0.25, 0.3) is 5.56 Å². The number of hydrogen-bond acceptors (Lipinski definition) is 7.